The highest BCUT2D eigenvalue weighted by molar-refractivity contribution is 5.91. The van der Waals surface area contributed by atoms with Crippen molar-refractivity contribution in [1.29, 1.82) is 0 Å². The van der Waals surface area contributed by atoms with Gasteiger partial charge in [0.15, 0.2) is 0 Å². The summed E-state index contributed by atoms with van der Waals surface area (Å²) in [6.07, 6.45) is 0. The van der Waals surface area contributed by atoms with Gasteiger partial charge in [-0.25, -0.2) is 0 Å². The zero-order chi connectivity index (χ0) is 31.4. The van der Waals surface area contributed by atoms with Crippen LogP contribution in [-0.2, 0) is 51.3 Å². The first-order chi connectivity index (χ1) is 20.5. The molecule has 0 saturated carbocycles. The lowest BCUT2D eigenvalue weighted by Gasteiger charge is -2.31. The van der Waals surface area contributed by atoms with Gasteiger partial charge in [0.2, 0.25) is 11.8 Å². The molecule has 0 unspecified atom stereocenters. The van der Waals surface area contributed by atoms with Crippen LogP contribution in [0.3, 0.4) is 0 Å². The molecule has 12 heteroatoms. The Hall–Kier alpha value is -4.16. The highest BCUT2D eigenvalue weighted by Crippen LogP contribution is 2.28. The number of hydrogen-bond donors (Lipinski definition) is 1. The van der Waals surface area contributed by atoms with Crippen molar-refractivity contribution < 1.29 is 38.1 Å². The molecule has 0 aliphatic carbocycles. The molecule has 43 heavy (non-hydrogen) atoms. The van der Waals surface area contributed by atoms with Crippen molar-refractivity contribution >= 4 is 46.5 Å². The number of nitrogens with zero attached hydrogens (tertiary/aromatic N) is 3. The predicted octanol–water partition coefficient (Wildman–Crippen LogP) is 3.11. The normalized spacial score (nSPS) is 14.6. The van der Waals surface area contributed by atoms with Crippen LogP contribution in [0.15, 0.2) is 36.4 Å². The summed E-state index contributed by atoms with van der Waals surface area (Å²) in [6.45, 7) is 12.1. The third-order valence-corrected chi connectivity index (χ3v) is 6.89. The van der Waals surface area contributed by atoms with E-state index in [-0.39, 0.29) is 37.0 Å². The second-order valence-electron chi connectivity index (χ2n) is 10.2. The van der Waals surface area contributed by atoms with Gasteiger partial charge in [-0.1, -0.05) is 0 Å². The lowest BCUT2D eigenvalue weighted by atomic mass is 10.1. The van der Waals surface area contributed by atoms with Crippen LogP contribution in [0.25, 0.3) is 0 Å². The van der Waals surface area contributed by atoms with Crippen molar-refractivity contribution in [3.05, 3.63) is 47.5 Å². The number of carbonyl (C=O) groups excluding carboxylic acids is 4. The molecule has 2 aromatic rings. The van der Waals surface area contributed by atoms with Crippen molar-refractivity contribution in [2.24, 2.45) is 0 Å². The number of carbonyl (C=O) groups is 4. The maximum absolute atomic E-state index is 11.5. The standard InChI is InChI=1S/C16H22N2O4.C15H20N2O4/c1-12(19)17(3)15-4-5-16(18-6-8-21-9-7-18)14(10-15)11-22-13(2)20;1-11(18)16-14-3-4-15(17-5-7-20-8-6-17)13(9-14)10-21-12(2)19/h4-5,10H,6-9,11H2,1-3H3;3-4,9H,5-8,10H2,1-2H3,(H,16,18). The molecule has 2 fully saturated rings. The third-order valence-electron chi connectivity index (χ3n) is 6.89. The van der Waals surface area contributed by atoms with Crippen LogP contribution in [0, 0.1) is 0 Å². The predicted molar refractivity (Wildman–Crippen MR) is 163 cm³/mol. The van der Waals surface area contributed by atoms with Gasteiger partial charge in [-0.2, -0.15) is 0 Å². The molecule has 2 aromatic carbocycles. The first-order valence-corrected chi connectivity index (χ1v) is 14.2. The van der Waals surface area contributed by atoms with Gasteiger partial charge in [-0.15, -0.1) is 0 Å². The number of rotatable bonds is 8. The third kappa shape index (κ3) is 10.6. The number of amides is 2. The zero-order valence-electron chi connectivity index (χ0n) is 25.6. The van der Waals surface area contributed by atoms with E-state index < -0.39 is 0 Å². The molecule has 2 heterocycles. The van der Waals surface area contributed by atoms with Gasteiger partial charge in [0, 0.05) is 94.8 Å². The maximum Gasteiger partial charge on any atom is 0.302 e. The largest absolute Gasteiger partial charge is 0.461 e. The van der Waals surface area contributed by atoms with Crippen LogP contribution < -0.4 is 20.0 Å². The second kappa shape index (κ2) is 16.5. The van der Waals surface area contributed by atoms with E-state index in [1.165, 1.54) is 27.7 Å². The first-order valence-electron chi connectivity index (χ1n) is 14.2. The zero-order valence-corrected chi connectivity index (χ0v) is 25.6. The highest BCUT2D eigenvalue weighted by Gasteiger charge is 2.18. The SMILES string of the molecule is CC(=O)Nc1ccc(N2CCOCC2)c(COC(C)=O)c1.CC(=O)OCc1cc(N(C)C(C)=O)ccc1N1CCOCC1. The number of benzene rings is 2. The number of nitrogens with one attached hydrogen (secondary N) is 1. The molecule has 12 nitrogen and oxygen atoms in total. The minimum absolute atomic E-state index is 0.0439. The molecule has 2 saturated heterocycles. The topological polar surface area (TPSA) is 127 Å². The molecular weight excluding hydrogens is 556 g/mol. The van der Waals surface area contributed by atoms with E-state index in [1.807, 2.05) is 36.4 Å². The molecule has 2 amide bonds. The lowest BCUT2D eigenvalue weighted by Crippen LogP contribution is -2.37. The van der Waals surface area contributed by atoms with E-state index in [0.717, 1.165) is 54.4 Å². The Morgan fingerprint density at radius 3 is 1.65 bits per heavy atom. The molecule has 0 atom stereocenters. The number of morpholine rings is 2. The van der Waals surface area contributed by atoms with Gasteiger partial charge in [-0.3, -0.25) is 19.2 Å². The Balaban J connectivity index is 0.000000236. The molecule has 0 bridgehead atoms. The van der Waals surface area contributed by atoms with E-state index >= 15 is 0 Å². The van der Waals surface area contributed by atoms with E-state index in [9.17, 15) is 19.2 Å². The number of anilines is 4. The second-order valence-corrected chi connectivity index (χ2v) is 10.2. The fraction of sp³-hybridized carbons (Fsp3) is 0.484. The Kier molecular flexibility index (Phi) is 12.8. The van der Waals surface area contributed by atoms with Crippen LogP contribution in [0.1, 0.15) is 38.8 Å². The van der Waals surface area contributed by atoms with E-state index in [0.29, 0.717) is 32.1 Å². The molecule has 2 aliphatic rings. The molecule has 4 rings (SSSR count). The Labute approximate surface area is 252 Å². The number of esters is 2. The Morgan fingerprint density at radius 2 is 1.21 bits per heavy atom. The van der Waals surface area contributed by atoms with Gasteiger partial charge in [-0.05, 0) is 36.4 Å². The van der Waals surface area contributed by atoms with Crippen LogP contribution >= 0.6 is 0 Å². The summed E-state index contributed by atoms with van der Waals surface area (Å²) in [7, 11) is 1.72. The number of ether oxygens (including phenoxy) is 4. The molecular formula is C31H42N4O8. The molecule has 0 radical (unpaired) electrons. The van der Waals surface area contributed by atoms with E-state index in [1.54, 1.807) is 11.9 Å². The molecule has 0 spiro atoms. The summed E-state index contributed by atoms with van der Waals surface area (Å²) in [5.41, 5.74) is 5.27. The van der Waals surface area contributed by atoms with Crippen LogP contribution in [0.5, 0.6) is 0 Å². The summed E-state index contributed by atoms with van der Waals surface area (Å²) in [5, 5.41) is 2.74. The van der Waals surface area contributed by atoms with Crippen molar-refractivity contribution in [2.45, 2.75) is 40.9 Å². The van der Waals surface area contributed by atoms with Gasteiger partial charge < -0.3 is 39.0 Å². The summed E-state index contributed by atoms with van der Waals surface area (Å²) in [4.78, 5) is 50.8. The average molecular weight is 599 g/mol. The van der Waals surface area contributed by atoms with E-state index in [2.05, 4.69) is 15.1 Å². The molecule has 2 aliphatic heterocycles. The molecule has 0 aromatic heterocycles. The average Bonchev–Trinajstić information content (AvgIpc) is 2.99. The Bertz CT molecular complexity index is 1270. The van der Waals surface area contributed by atoms with Crippen molar-refractivity contribution in [1.82, 2.24) is 0 Å². The van der Waals surface area contributed by atoms with Gasteiger partial charge in [0.05, 0.1) is 26.4 Å². The first kappa shape index (κ1) is 33.3. The van der Waals surface area contributed by atoms with Crippen LogP contribution in [0.4, 0.5) is 22.7 Å². The van der Waals surface area contributed by atoms with Crippen molar-refractivity contribution in [3.63, 3.8) is 0 Å². The Morgan fingerprint density at radius 1 is 0.744 bits per heavy atom. The monoisotopic (exact) mass is 598 g/mol. The van der Waals surface area contributed by atoms with Gasteiger partial charge >= 0.3 is 11.9 Å². The summed E-state index contributed by atoms with van der Waals surface area (Å²) < 4.78 is 21.0. The summed E-state index contributed by atoms with van der Waals surface area (Å²) >= 11 is 0. The van der Waals surface area contributed by atoms with Crippen LogP contribution in [-0.4, -0.2) is 83.4 Å². The number of hydrogen-bond acceptors (Lipinski definition) is 10. The maximum atomic E-state index is 11.5. The highest BCUT2D eigenvalue weighted by atomic mass is 16.5. The minimum atomic E-state index is -0.326. The quantitative estimate of drug-likeness (QED) is 0.453. The summed E-state index contributed by atoms with van der Waals surface area (Å²) in [5.74, 6) is -0.823. The summed E-state index contributed by atoms with van der Waals surface area (Å²) in [6, 6.07) is 11.4. The van der Waals surface area contributed by atoms with Gasteiger partial charge in [0.1, 0.15) is 13.2 Å². The molecule has 1 N–H and O–H groups in total. The fourth-order valence-electron chi connectivity index (χ4n) is 4.64. The van der Waals surface area contributed by atoms with Crippen molar-refractivity contribution in [3.8, 4) is 0 Å². The lowest BCUT2D eigenvalue weighted by molar-refractivity contribution is -0.143. The van der Waals surface area contributed by atoms with Crippen molar-refractivity contribution in [2.75, 3.05) is 79.7 Å². The van der Waals surface area contributed by atoms with Gasteiger partial charge in [0.25, 0.3) is 0 Å². The smallest absolute Gasteiger partial charge is 0.302 e. The fourth-order valence-corrected chi connectivity index (χ4v) is 4.64. The van der Waals surface area contributed by atoms with E-state index in [4.69, 9.17) is 18.9 Å². The minimum Gasteiger partial charge on any atom is -0.461 e. The molecule has 234 valence electrons. The van der Waals surface area contributed by atoms with Crippen LogP contribution in [0.2, 0.25) is 0 Å².